The highest BCUT2D eigenvalue weighted by molar-refractivity contribution is 5.87. The van der Waals surface area contributed by atoms with Crippen molar-refractivity contribution in [2.45, 2.75) is 6.42 Å². The summed E-state index contributed by atoms with van der Waals surface area (Å²) in [5.74, 6) is 0.432. The Morgan fingerprint density at radius 3 is 2.56 bits per heavy atom. The predicted octanol–water partition coefficient (Wildman–Crippen LogP) is 2.02. The first-order valence-electron chi connectivity index (χ1n) is 5.45. The van der Waals surface area contributed by atoms with E-state index in [1.807, 2.05) is 24.3 Å². The lowest BCUT2D eigenvalue weighted by molar-refractivity contribution is -0.137. The quantitative estimate of drug-likeness (QED) is 0.488. The summed E-state index contributed by atoms with van der Waals surface area (Å²) in [6, 6.07) is 7.39. The molecule has 0 aliphatic rings. The fourth-order valence-corrected chi connectivity index (χ4v) is 1.18. The van der Waals surface area contributed by atoms with Crippen LogP contribution >= 0.6 is 12.4 Å². The molecule has 0 saturated carbocycles. The van der Waals surface area contributed by atoms with Gasteiger partial charge in [0.1, 0.15) is 5.75 Å². The summed E-state index contributed by atoms with van der Waals surface area (Å²) in [7, 11) is 1.61. The highest BCUT2D eigenvalue weighted by atomic mass is 35.5. The molecule has 0 radical (unpaired) electrons. The Bertz CT molecular complexity index is 376. The molecule has 0 aliphatic carbocycles. The van der Waals surface area contributed by atoms with E-state index in [4.69, 9.17) is 15.2 Å². The van der Waals surface area contributed by atoms with Crippen molar-refractivity contribution >= 4 is 24.5 Å². The summed E-state index contributed by atoms with van der Waals surface area (Å²) < 4.78 is 9.95. The minimum atomic E-state index is -0.353. The number of carbonyl (C=O) groups is 1. The maximum Gasteiger partial charge on any atom is 0.330 e. The van der Waals surface area contributed by atoms with Gasteiger partial charge in [-0.15, -0.1) is 12.4 Å². The number of hydrogen-bond donors (Lipinski definition) is 1. The summed E-state index contributed by atoms with van der Waals surface area (Å²) in [4.78, 5) is 11.2. The Balaban J connectivity index is 0.00000289. The monoisotopic (exact) mass is 271 g/mol. The van der Waals surface area contributed by atoms with Crippen LogP contribution in [0.4, 0.5) is 0 Å². The second-order valence-corrected chi connectivity index (χ2v) is 3.42. The summed E-state index contributed by atoms with van der Waals surface area (Å²) in [5.41, 5.74) is 6.20. The smallest absolute Gasteiger partial charge is 0.330 e. The van der Waals surface area contributed by atoms with Crippen LogP contribution in [0.1, 0.15) is 12.0 Å². The number of esters is 1. The van der Waals surface area contributed by atoms with Gasteiger partial charge in [-0.3, -0.25) is 0 Å². The van der Waals surface area contributed by atoms with Gasteiger partial charge >= 0.3 is 5.97 Å². The minimum absolute atomic E-state index is 0. The highest BCUT2D eigenvalue weighted by Gasteiger charge is 1.96. The number of nitrogens with two attached hydrogens (primary N) is 1. The third-order valence-corrected chi connectivity index (χ3v) is 2.12. The zero-order valence-electron chi connectivity index (χ0n) is 10.3. The number of halogens is 1. The van der Waals surface area contributed by atoms with Gasteiger partial charge in [-0.05, 0) is 36.7 Å². The average Bonchev–Trinajstić information content (AvgIpc) is 2.37. The molecule has 0 bridgehead atoms. The predicted molar refractivity (Wildman–Crippen MR) is 73.9 cm³/mol. The van der Waals surface area contributed by atoms with E-state index in [-0.39, 0.29) is 18.4 Å². The van der Waals surface area contributed by atoms with Gasteiger partial charge in [0.25, 0.3) is 0 Å². The number of carbonyl (C=O) groups excluding carboxylic acids is 1. The largest absolute Gasteiger partial charge is 0.497 e. The molecule has 0 spiro atoms. The van der Waals surface area contributed by atoms with Gasteiger partial charge in [0.2, 0.25) is 0 Å². The molecule has 2 N–H and O–H groups in total. The van der Waals surface area contributed by atoms with E-state index in [1.54, 1.807) is 13.2 Å². The van der Waals surface area contributed by atoms with E-state index in [0.717, 1.165) is 11.3 Å². The van der Waals surface area contributed by atoms with Crippen molar-refractivity contribution in [2.75, 3.05) is 20.3 Å². The zero-order valence-corrected chi connectivity index (χ0v) is 11.1. The molecular weight excluding hydrogens is 254 g/mol. The molecule has 100 valence electrons. The second-order valence-electron chi connectivity index (χ2n) is 3.42. The highest BCUT2D eigenvalue weighted by Crippen LogP contribution is 2.12. The second kappa shape index (κ2) is 9.50. The normalized spacial score (nSPS) is 9.89. The molecule has 0 fully saturated rings. The Morgan fingerprint density at radius 2 is 2.00 bits per heavy atom. The topological polar surface area (TPSA) is 61.5 Å². The van der Waals surface area contributed by atoms with Crippen molar-refractivity contribution in [2.24, 2.45) is 5.73 Å². The molecule has 1 aromatic rings. The van der Waals surface area contributed by atoms with Crippen LogP contribution in [-0.2, 0) is 9.53 Å². The van der Waals surface area contributed by atoms with Crippen LogP contribution in [0.2, 0.25) is 0 Å². The van der Waals surface area contributed by atoms with E-state index in [2.05, 4.69) is 0 Å². The molecule has 0 atom stereocenters. The Kier molecular flexibility index (Phi) is 8.70. The number of hydrogen-bond acceptors (Lipinski definition) is 4. The van der Waals surface area contributed by atoms with Crippen molar-refractivity contribution in [3.05, 3.63) is 35.9 Å². The number of methoxy groups -OCH3 is 1. The molecule has 0 saturated heterocycles. The standard InChI is InChI=1S/C13H17NO3.ClH/c1-16-12-6-3-11(4-7-12)5-8-13(15)17-10-2-9-14;/h3-8H,2,9-10,14H2,1H3;1H. The Hall–Kier alpha value is -1.52. The van der Waals surface area contributed by atoms with Crippen LogP contribution in [0.5, 0.6) is 5.75 Å². The van der Waals surface area contributed by atoms with E-state index in [0.29, 0.717) is 19.6 Å². The van der Waals surface area contributed by atoms with Crippen molar-refractivity contribution in [1.82, 2.24) is 0 Å². The molecule has 4 nitrogen and oxygen atoms in total. The third-order valence-electron chi connectivity index (χ3n) is 2.12. The molecule has 18 heavy (non-hydrogen) atoms. The van der Waals surface area contributed by atoms with Crippen LogP contribution in [0.25, 0.3) is 6.08 Å². The summed E-state index contributed by atoms with van der Waals surface area (Å²) in [6.07, 6.45) is 3.78. The maximum absolute atomic E-state index is 11.2. The van der Waals surface area contributed by atoms with Crippen molar-refractivity contribution in [3.63, 3.8) is 0 Å². The van der Waals surface area contributed by atoms with Crippen molar-refractivity contribution in [1.29, 1.82) is 0 Å². The molecule has 1 aromatic carbocycles. The van der Waals surface area contributed by atoms with Crippen LogP contribution in [0.3, 0.4) is 0 Å². The summed E-state index contributed by atoms with van der Waals surface area (Å²) in [5, 5.41) is 0. The molecule has 5 heteroatoms. The van der Waals surface area contributed by atoms with Crippen LogP contribution < -0.4 is 10.5 Å². The van der Waals surface area contributed by atoms with Gasteiger partial charge in [0, 0.05) is 6.08 Å². The van der Waals surface area contributed by atoms with Crippen molar-refractivity contribution in [3.8, 4) is 5.75 Å². The number of benzene rings is 1. The Labute approximate surface area is 113 Å². The van der Waals surface area contributed by atoms with Crippen LogP contribution in [-0.4, -0.2) is 26.2 Å². The number of ether oxygens (including phenoxy) is 2. The van der Waals surface area contributed by atoms with E-state index in [1.165, 1.54) is 6.08 Å². The van der Waals surface area contributed by atoms with Crippen molar-refractivity contribution < 1.29 is 14.3 Å². The first-order valence-corrected chi connectivity index (χ1v) is 5.45. The molecule has 0 heterocycles. The lowest BCUT2D eigenvalue weighted by Crippen LogP contribution is -2.07. The molecule has 1 rings (SSSR count). The minimum Gasteiger partial charge on any atom is -0.497 e. The van der Waals surface area contributed by atoms with Gasteiger partial charge in [-0.1, -0.05) is 12.1 Å². The van der Waals surface area contributed by atoms with E-state index >= 15 is 0 Å². The molecule has 0 aromatic heterocycles. The van der Waals surface area contributed by atoms with Gasteiger partial charge < -0.3 is 15.2 Å². The van der Waals surface area contributed by atoms with E-state index in [9.17, 15) is 4.79 Å². The summed E-state index contributed by atoms with van der Waals surface area (Å²) in [6.45, 7) is 0.887. The maximum atomic E-state index is 11.2. The Morgan fingerprint density at radius 1 is 1.33 bits per heavy atom. The van der Waals surface area contributed by atoms with Gasteiger partial charge in [-0.25, -0.2) is 4.79 Å². The fraction of sp³-hybridized carbons (Fsp3) is 0.308. The lowest BCUT2D eigenvalue weighted by Gasteiger charge is -2.00. The fourth-order valence-electron chi connectivity index (χ4n) is 1.18. The molecule has 0 unspecified atom stereocenters. The van der Waals surface area contributed by atoms with E-state index < -0.39 is 0 Å². The third kappa shape index (κ3) is 6.27. The summed E-state index contributed by atoms with van der Waals surface area (Å²) >= 11 is 0. The van der Waals surface area contributed by atoms with Gasteiger partial charge in [0.05, 0.1) is 13.7 Å². The van der Waals surface area contributed by atoms with Crippen LogP contribution in [0, 0.1) is 0 Å². The number of rotatable bonds is 6. The SMILES string of the molecule is COc1ccc(C=CC(=O)OCCCN)cc1.Cl. The van der Waals surface area contributed by atoms with Crippen LogP contribution in [0.15, 0.2) is 30.3 Å². The lowest BCUT2D eigenvalue weighted by atomic mass is 10.2. The molecule has 0 aliphatic heterocycles. The van der Waals surface area contributed by atoms with Gasteiger partial charge in [0.15, 0.2) is 0 Å². The zero-order chi connectivity index (χ0) is 12.5. The first kappa shape index (κ1) is 16.5. The molecule has 0 amide bonds. The average molecular weight is 272 g/mol. The van der Waals surface area contributed by atoms with Gasteiger partial charge in [-0.2, -0.15) is 0 Å². The first-order chi connectivity index (χ1) is 8.26. The molecular formula is C13H18ClNO3.